The number of hydrogen-bond acceptors (Lipinski definition) is 7. The molecule has 0 aromatic rings. The minimum absolute atomic E-state index is 0.496. The van der Waals surface area contributed by atoms with Gasteiger partial charge in [-0.15, -0.1) is 0 Å². The third kappa shape index (κ3) is 10.9. The average Bonchev–Trinajstić information content (AvgIpc) is 2.79. The predicted molar refractivity (Wildman–Crippen MR) is 131 cm³/mol. The van der Waals surface area contributed by atoms with Gasteiger partial charge in [0.05, 0.1) is 18.6 Å². The van der Waals surface area contributed by atoms with Crippen LogP contribution in [0, 0.1) is 11.8 Å². The van der Waals surface area contributed by atoms with Gasteiger partial charge in [0, 0.05) is 0 Å². The van der Waals surface area contributed by atoms with Crippen molar-refractivity contribution in [2.75, 3.05) is 6.54 Å². The summed E-state index contributed by atoms with van der Waals surface area (Å²) in [5.41, 5.74) is 0. The van der Waals surface area contributed by atoms with E-state index >= 15 is 0 Å². The second-order valence-electron chi connectivity index (χ2n) is 9.92. The third-order valence-electron chi connectivity index (χ3n) is 6.43. The Balaban J connectivity index is 2.76. The number of carboxylic acids is 2. The van der Waals surface area contributed by atoms with Gasteiger partial charge in [-0.05, 0) is 38.6 Å². The smallest absolute Gasteiger partial charge is 0.326 e. The Morgan fingerprint density at radius 1 is 0.806 bits per heavy atom. The van der Waals surface area contributed by atoms with E-state index in [0.717, 1.165) is 6.42 Å². The Kier molecular flexibility index (Phi) is 13.4. The Morgan fingerprint density at radius 3 is 1.89 bits per heavy atom. The van der Waals surface area contributed by atoms with E-state index in [2.05, 4.69) is 21.3 Å². The number of aliphatic hydroxyl groups excluding tert-OH is 1. The summed E-state index contributed by atoms with van der Waals surface area (Å²) in [4.78, 5) is 60.7. The number of nitrogens with one attached hydrogen (secondary N) is 4. The van der Waals surface area contributed by atoms with Crippen molar-refractivity contribution in [2.45, 2.75) is 103 Å². The Bertz CT molecular complexity index is 767. The second kappa shape index (κ2) is 15.4. The number of hydrogen-bond donors (Lipinski definition) is 7. The van der Waals surface area contributed by atoms with Crippen LogP contribution in [0.2, 0.25) is 0 Å². The van der Waals surface area contributed by atoms with Gasteiger partial charge in [-0.2, -0.15) is 0 Å². The molecule has 0 aliphatic heterocycles. The number of carbonyl (C=O) groups is 5. The first-order valence-corrected chi connectivity index (χ1v) is 12.6. The lowest BCUT2D eigenvalue weighted by Gasteiger charge is -2.27. The summed E-state index contributed by atoms with van der Waals surface area (Å²) in [6.45, 7) is 6.66. The molecule has 12 heteroatoms. The molecule has 12 nitrogen and oxygen atoms in total. The minimum atomic E-state index is -1.61. The fourth-order valence-corrected chi connectivity index (χ4v) is 4.17. The van der Waals surface area contributed by atoms with E-state index in [0.29, 0.717) is 12.5 Å². The maximum absolute atomic E-state index is 12.8. The monoisotopic (exact) mass is 514 g/mol. The van der Waals surface area contributed by atoms with E-state index in [1.54, 1.807) is 20.8 Å². The van der Waals surface area contributed by atoms with Crippen molar-refractivity contribution in [2.24, 2.45) is 11.8 Å². The first-order chi connectivity index (χ1) is 16.8. The SMILES string of the molecule is CC(C)[C@H](NC(=O)[C@H](CC(=O)O)NC(=O)[C@@H](NC(=O)[C@H](C)NCCC1CCCCC1)[C@@H](C)O)C(=O)O. The zero-order chi connectivity index (χ0) is 27.4. The number of amides is 3. The van der Waals surface area contributed by atoms with Crippen LogP contribution >= 0.6 is 0 Å². The van der Waals surface area contributed by atoms with E-state index in [9.17, 15) is 34.2 Å². The lowest BCUT2D eigenvalue weighted by atomic mass is 9.87. The molecule has 206 valence electrons. The zero-order valence-corrected chi connectivity index (χ0v) is 21.6. The molecular weight excluding hydrogens is 472 g/mol. The fraction of sp³-hybridized carbons (Fsp3) is 0.792. The van der Waals surface area contributed by atoms with Crippen LogP contribution in [-0.4, -0.2) is 81.8 Å². The fourth-order valence-electron chi connectivity index (χ4n) is 4.17. The first kappa shape index (κ1) is 31.3. The van der Waals surface area contributed by atoms with Crippen molar-refractivity contribution in [3.8, 4) is 0 Å². The summed E-state index contributed by atoms with van der Waals surface area (Å²) in [6, 6.07) is -5.01. The number of carboxylic acid groups (broad SMARTS) is 2. The van der Waals surface area contributed by atoms with Gasteiger partial charge < -0.3 is 36.6 Å². The highest BCUT2D eigenvalue weighted by Gasteiger charge is 2.34. The standard InChI is InChI=1S/C24H42N4O8/c1-13(2)19(24(35)36)27-22(33)17(12-18(30)31)26-23(34)20(15(4)29)28-21(32)14(3)25-11-10-16-8-6-5-7-9-16/h13-17,19-20,25,29H,5-12H2,1-4H3,(H,26,34)(H,27,33)(H,28,32)(H,30,31)(H,35,36)/t14-,15+,17-,19-,20-/m0/s1. The Labute approximate surface area is 212 Å². The van der Waals surface area contributed by atoms with Crippen molar-refractivity contribution in [1.29, 1.82) is 0 Å². The minimum Gasteiger partial charge on any atom is -0.481 e. The van der Waals surface area contributed by atoms with Gasteiger partial charge in [-0.1, -0.05) is 46.0 Å². The molecule has 1 aliphatic rings. The van der Waals surface area contributed by atoms with Gasteiger partial charge in [-0.3, -0.25) is 19.2 Å². The van der Waals surface area contributed by atoms with Gasteiger partial charge in [0.2, 0.25) is 17.7 Å². The molecule has 0 spiro atoms. The summed E-state index contributed by atoms with van der Waals surface area (Å²) < 4.78 is 0. The number of aliphatic carboxylic acids is 2. The van der Waals surface area contributed by atoms with Gasteiger partial charge in [-0.25, -0.2) is 4.79 Å². The Morgan fingerprint density at radius 2 is 1.39 bits per heavy atom. The van der Waals surface area contributed by atoms with E-state index in [-0.39, 0.29) is 0 Å². The van der Waals surface area contributed by atoms with Gasteiger partial charge in [0.15, 0.2) is 0 Å². The average molecular weight is 515 g/mol. The maximum atomic E-state index is 12.8. The molecule has 0 heterocycles. The normalized spacial score (nSPS) is 18.4. The van der Waals surface area contributed by atoms with Crippen LogP contribution in [0.15, 0.2) is 0 Å². The molecule has 7 N–H and O–H groups in total. The van der Waals surface area contributed by atoms with Crippen molar-refractivity contribution in [3.63, 3.8) is 0 Å². The molecule has 1 saturated carbocycles. The second-order valence-corrected chi connectivity index (χ2v) is 9.92. The molecule has 1 fully saturated rings. The number of aliphatic hydroxyl groups is 1. The molecule has 0 bridgehead atoms. The maximum Gasteiger partial charge on any atom is 0.326 e. The van der Waals surface area contributed by atoms with E-state index in [1.807, 2.05) is 0 Å². The van der Waals surface area contributed by atoms with Crippen molar-refractivity contribution < 1.29 is 39.3 Å². The highest BCUT2D eigenvalue weighted by molar-refractivity contribution is 5.95. The molecule has 0 aromatic heterocycles. The van der Waals surface area contributed by atoms with Crippen LogP contribution in [0.25, 0.3) is 0 Å². The van der Waals surface area contributed by atoms with Crippen molar-refractivity contribution in [3.05, 3.63) is 0 Å². The predicted octanol–water partition coefficient (Wildman–Crippen LogP) is -0.0146. The molecule has 0 aromatic carbocycles. The summed E-state index contributed by atoms with van der Waals surface area (Å²) in [6.07, 6.45) is 4.85. The van der Waals surface area contributed by atoms with Crippen LogP contribution in [-0.2, 0) is 24.0 Å². The lowest BCUT2D eigenvalue weighted by Crippen LogP contribution is -2.60. The lowest BCUT2D eigenvalue weighted by molar-refractivity contribution is -0.144. The van der Waals surface area contributed by atoms with Crippen LogP contribution in [0.5, 0.6) is 0 Å². The molecule has 0 saturated heterocycles. The van der Waals surface area contributed by atoms with Gasteiger partial charge in [0.1, 0.15) is 18.1 Å². The van der Waals surface area contributed by atoms with Crippen LogP contribution < -0.4 is 21.3 Å². The van der Waals surface area contributed by atoms with E-state index in [4.69, 9.17) is 5.11 Å². The van der Waals surface area contributed by atoms with Crippen LogP contribution in [0.4, 0.5) is 0 Å². The molecule has 5 atom stereocenters. The van der Waals surface area contributed by atoms with E-state index < -0.39 is 72.3 Å². The molecule has 36 heavy (non-hydrogen) atoms. The number of carbonyl (C=O) groups excluding carboxylic acids is 3. The summed E-state index contributed by atoms with van der Waals surface area (Å²) in [5, 5.41) is 38.6. The van der Waals surface area contributed by atoms with Gasteiger partial charge in [0.25, 0.3) is 0 Å². The quantitative estimate of drug-likeness (QED) is 0.157. The molecule has 0 radical (unpaired) electrons. The summed E-state index contributed by atoms with van der Waals surface area (Å²) in [7, 11) is 0. The van der Waals surface area contributed by atoms with Gasteiger partial charge >= 0.3 is 11.9 Å². The number of rotatable bonds is 15. The summed E-state index contributed by atoms with van der Waals surface area (Å²) in [5.74, 6) is -5.08. The van der Waals surface area contributed by atoms with Crippen molar-refractivity contribution in [1.82, 2.24) is 21.3 Å². The largest absolute Gasteiger partial charge is 0.481 e. The molecular formula is C24H42N4O8. The highest BCUT2D eigenvalue weighted by atomic mass is 16.4. The zero-order valence-electron chi connectivity index (χ0n) is 21.6. The molecule has 1 rings (SSSR count). The first-order valence-electron chi connectivity index (χ1n) is 12.6. The Hall–Kier alpha value is -2.73. The highest BCUT2D eigenvalue weighted by Crippen LogP contribution is 2.25. The third-order valence-corrected chi connectivity index (χ3v) is 6.43. The van der Waals surface area contributed by atoms with Crippen molar-refractivity contribution >= 4 is 29.7 Å². The molecule has 0 unspecified atom stereocenters. The van der Waals surface area contributed by atoms with Crippen LogP contribution in [0.1, 0.15) is 72.6 Å². The topological polar surface area (TPSA) is 194 Å². The molecule has 3 amide bonds. The summed E-state index contributed by atoms with van der Waals surface area (Å²) >= 11 is 0. The molecule has 1 aliphatic carbocycles. The van der Waals surface area contributed by atoms with Crippen LogP contribution in [0.3, 0.4) is 0 Å². The van der Waals surface area contributed by atoms with E-state index in [1.165, 1.54) is 39.0 Å².